The fourth-order valence-corrected chi connectivity index (χ4v) is 3.15. The average Bonchev–Trinajstić information content (AvgIpc) is 2.40. The quantitative estimate of drug-likeness (QED) is 0.909. The summed E-state index contributed by atoms with van der Waals surface area (Å²) in [6.45, 7) is 2.70. The molecule has 0 bridgehead atoms. The molecule has 0 aromatic heterocycles. The molecular formula is C14H20BrClN2O. The molecule has 0 saturated carbocycles. The number of ether oxygens (including phenoxy) is 1. The number of likely N-dealkylation sites (tertiary alicyclic amines) is 1. The Morgan fingerprint density at radius 1 is 1.53 bits per heavy atom. The minimum Gasteiger partial charge on any atom is -0.383 e. The van der Waals surface area contributed by atoms with E-state index in [1.807, 2.05) is 12.1 Å². The Bertz CT molecular complexity index is 430. The molecule has 1 saturated heterocycles. The zero-order valence-electron chi connectivity index (χ0n) is 11.1. The minimum absolute atomic E-state index is 0.155. The van der Waals surface area contributed by atoms with Crippen LogP contribution in [0.4, 0.5) is 0 Å². The van der Waals surface area contributed by atoms with Crippen molar-refractivity contribution in [1.29, 1.82) is 0 Å². The number of hydrogen-bond donors (Lipinski definition) is 1. The minimum atomic E-state index is 0.155. The van der Waals surface area contributed by atoms with Gasteiger partial charge in [-0.05, 0) is 53.0 Å². The Labute approximate surface area is 128 Å². The fourth-order valence-electron chi connectivity index (χ4n) is 2.71. The summed E-state index contributed by atoms with van der Waals surface area (Å²) in [5.41, 5.74) is 7.52. The van der Waals surface area contributed by atoms with Crippen LogP contribution in [0.15, 0.2) is 22.7 Å². The highest BCUT2D eigenvalue weighted by molar-refractivity contribution is 9.10. The van der Waals surface area contributed by atoms with Crippen LogP contribution in [0.5, 0.6) is 0 Å². The van der Waals surface area contributed by atoms with Gasteiger partial charge in [0.05, 0.1) is 17.7 Å². The van der Waals surface area contributed by atoms with Crippen molar-refractivity contribution < 1.29 is 4.74 Å². The summed E-state index contributed by atoms with van der Waals surface area (Å²) in [5, 5.41) is 0.738. The fraction of sp³-hybridized carbons (Fsp3) is 0.571. The van der Waals surface area contributed by atoms with Gasteiger partial charge in [0.15, 0.2) is 0 Å². The molecule has 1 aliphatic rings. The van der Waals surface area contributed by atoms with Gasteiger partial charge in [0, 0.05) is 24.2 Å². The van der Waals surface area contributed by atoms with Gasteiger partial charge in [-0.1, -0.05) is 17.7 Å². The van der Waals surface area contributed by atoms with Gasteiger partial charge in [-0.25, -0.2) is 0 Å². The second-order valence-corrected chi connectivity index (χ2v) is 6.21. The third kappa shape index (κ3) is 3.70. The molecule has 106 valence electrons. The summed E-state index contributed by atoms with van der Waals surface area (Å²) in [5.74, 6) is 0. The molecule has 2 N–H and O–H groups in total. The number of methoxy groups -OCH3 is 1. The first-order chi connectivity index (χ1) is 9.13. The van der Waals surface area contributed by atoms with E-state index < -0.39 is 0 Å². The van der Waals surface area contributed by atoms with E-state index in [1.165, 1.54) is 5.56 Å². The molecule has 1 fully saturated rings. The lowest BCUT2D eigenvalue weighted by atomic mass is 9.91. The van der Waals surface area contributed by atoms with Crippen molar-refractivity contribution in [1.82, 2.24) is 4.90 Å². The Kier molecular flexibility index (Phi) is 5.66. The third-order valence-corrected chi connectivity index (χ3v) is 4.88. The molecular weight excluding hydrogens is 328 g/mol. The van der Waals surface area contributed by atoms with Gasteiger partial charge < -0.3 is 10.5 Å². The predicted octanol–water partition coefficient (Wildman–Crippen LogP) is 3.21. The molecule has 0 radical (unpaired) electrons. The van der Waals surface area contributed by atoms with Gasteiger partial charge >= 0.3 is 0 Å². The Morgan fingerprint density at radius 3 is 3.00 bits per heavy atom. The summed E-state index contributed by atoms with van der Waals surface area (Å²) >= 11 is 9.63. The third-order valence-electron chi connectivity index (χ3n) is 3.65. The van der Waals surface area contributed by atoms with Crippen LogP contribution in [0, 0.1) is 0 Å². The molecule has 3 nitrogen and oxygen atoms in total. The molecule has 2 rings (SSSR count). The van der Waals surface area contributed by atoms with E-state index in [1.54, 1.807) is 7.11 Å². The lowest BCUT2D eigenvalue weighted by Gasteiger charge is -2.40. The van der Waals surface area contributed by atoms with E-state index >= 15 is 0 Å². The Balaban J connectivity index is 2.22. The number of hydrogen-bond acceptors (Lipinski definition) is 3. The van der Waals surface area contributed by atoms with E-state index in [0.29, 0.717) is 0 Å². The number of nitrogens with zero attached hydrogens (tertiary/aromatic N) is 1. The molecule has 1 heterocycles. The van der Waals surface area contributed by atoms with Crippen LogP contribution < -0.4 is 5.73 Å². The van der Waals surface area contributed by atoms with Crippen LogP contribution >= 0.6 is 27.5 Å². The lowest BCUT2D eigenvalue weighted by molar-refractivity contribution is 0.0848. The van der Waals surface area contributed by atoms with Crippen molar-refractivity contribution in [3.8, 4) is 0 Å². The van der Waals surface area contributed by atoms with Crippen molar-refractivity contribution >= 4 is 27.5 Å². The molecule has 0 amide bonds. The molecule has 2 unspecified atom stereocenters. The molecule has 1 aliphatic heterocycles. The first-order valence-electron chi connectivity index (χ1n) is 6.57. The monoisotopic (exact) mass is 346 g/mol. The molecule has 1 aromatic rings. The Hall–Kier alpha value is -0.130. The smallest absolute Gasteiger partial charge is 0.0589 e. The Morgan fingerprint density at radius 2 is 2.32 bits per heavy atom. The number of nitrogens with two attached hydrogens (primary N) is 1. The van der Waals surface area contributed by atoms with E-state index in [2.05, 4.69) is 26.9 Å². The zero-order valence-corrected chi connectivity index (χ0v) is 13.5. The molecule has 1 aromatic carbocycles. The van der Waals surface area contributed by atoms with Crippen LogP contribution in [0.1, 0.15) is 24.4 Å². The van der Waals surface area contributed by atoms with Crippen molar-refractivity contribution in [2.24, 2.45) is 5.73 Å². The van der Waals surface area contributed by atoms with Crippen molar-refractivity contribution in [3.63, 3.8) is 0 Å². The van der Waals surface area contributed by atoms with Crippen LogP contribution in [0.25, 0.3) is 0 Å². The topological polar surface area (TPSA) is 38.5 Å². The number of halogens is 2. The van der Waals surface area contributed by atoms with Gasteiger partial charge in [0.1, 0.15) is 0 Å². The second kappa shape index (κ2) is 7.04. The first kappa shape index (κ1) is 15.3. The summed E-state index contributed by atoms with van der Waals surface area (Å²) in [6.07, 6.45) is 2.20. The summed E-state index contributed by atoms with van der Waals surface area (Å²) in [6, 6.07) is 6.50. The van der Waals surface area contributed by atoms with Crippen LogP contribution in [-0.2, 0) is 4.74 Å². The largest absolute Gasteiger partial charge is 0.383 e. The maximum absolute atomic E-state index is 6.32. The maximum atomic E-state index is 6.32. The highest BCUT2D eigenvalue weighted by atomic mass is 79.9. The van der Waals surface area contributed by atoms with Crippen molar-refractivity contribution in [2.75, 3.05) is 26.8 Å². The van der Waals surface area contributed by atoms with Gasteiger partial charge in [-0.15, -0.1) is 0 Å². The molecule has 5 heteroatoms. The van der Waals surface area contributed by atoms with E-state index in [9.17, 15) is 0 Å². The number of rotatable bonds is 4. The van der Waals surface area contributed by atoms with Gasteiger partial charge in [0.25, 0.3) is 0 Å². The molecule has 19 heavy (non-hydrogen) atoms. The van der Waals surface area contributed by atoms with Crippen molar-refractivity contribution in [2.45, 2.75) is 24.9 Å². The summed E-state index contributed by atoms with van der Waals surface area (Å²) < 4.78 is 6.11. The van der Waals surface area contributed by atoms with E-state index in [-0.39, 0.29) is 12.1 Å². The van der Waals surface area contributed by atoms with Crippen LogP contribution in [0.3, 0.4) is 0 Å². The SMILES string of the molecule is COCCN1CCCC(N)C1c1ccc(Br)c(Cl)c1. The van der Waals surface area contributed by atoms with Crippen LogP contribution in [-0.4, -0.2) is 37.7 Å². The van der Waals surface area contributed by atoms with Crippen molar-refractivity contribution in [3.05, 3.63) is 33.3 Å². The molecule has 0 aliphatic carbocycles. The van der Waals surface area contributed by atoms with E-state index in [0.717, 1.165) is 42.0 Å². The maximum Gasteiger partial charge on any atom is 0.0589 e. The van der Waals surface area contributed by atoms with Gasteiger partial charge in [-0.2, -0.15) is 0 Å². The van der Waals surface area contributed by atoms with Gasteiger partial charge in [-0.3, -0.25) is 4.90 Å². The summed E-state index contributed by atoms with van der Waals surface area (Å²) in [4.78, 5) is 2.40. The lowest BCUT2D eigenvalue weighted by Crippen LogP contribution is -2.46. The highest BCUT2D eigenvalue weighted by Crippen LogP contribution is 2.33. The standard InChI is InChI=1S/C14H20BrClN2O/c1-19-8-7-18-6-2-3-13(17)14(18)10-4-5-11(15)12(16)9-10/h4-5,9,13-14H,2-3,6-8,17H2,1H3. The van der Waals surface area contributed by atoms with E-state index in [4.69, 9.17) is 22.1 Å². The number of piperidine rings is 1. The number of benzene rings is 1. The zero-order chi connectivity index (χ0) is 13.8. The first-order valence-corrected chi connectivity index (χ1v) is 7.74. The van der Waals surface area contributed by atoms with Gasteiger partial charge in [0.2, 0.25) is 0 Å². The van der Waals surface area contributed by atoms with Crippen LogP contribution in [0.2, 0.25) is 5.02 Å². The average molecular weight is 348 g/mol. The normalized spacial score (nSPS) is 24.6. The molecule has 2 atom stereocenters. The highest BCUT2D eigenvalue weighted by Gasteiger charge is 2.30. The second-order valence-electron chi connectivity index (χ2n) is 4.95. The predicted molar refractivity (Wildman–Crippen MR) is 82.6 cm³/mol. The summed E-state index contributed by atoms with van der Waals surface area (Å²) in [7, 11) is 1.73. The molecule has 0 spiro atoms.